The molecule has 4 nitrogen and oxygen atoms in total. The molecule has 2 heterocycles. The van der Waals surface area contributed by atoms with Gasteiger partial charge in [0, 0.05) is 12.6 Å². The summed E-state index contributed by atoms with van der Waals surface area (Å²) in [5.74, 6) is 0.503. The first-order valence-electron chi connectivity index (χ1n) is 6.66. The zero-order chi connectivity index (χ0) is 12.4. The first-order chi connectivity index (χ1) is 8.08. The highest BCUT2D eigenvalue weighted by Crippen LogP contribution is 2.34. The predicted octanol–water partition coefficient (Wildman–Crippen LogP) is 1.11. The van der Waals surface area contributed by atoms with Crippen molar-refractivity contribution in [3.8, 4) is 0 Å². The summed E-state index contributed by atoms with van der Waals surface area (Å²) in [5.41, 5.74) is -0.426. The highest BCUT2D eigenvalue weighted by Gasteiger charge is 2.49. The summed E-state index contributed by atoms with van der Waals surface area (Å²) in [6, 6.07) is 0.222. The molecule has 0 amide bonds. The standard InChI is InChI=1S/C12H23NO3S/c1-2-3-4-5-11-12(16-8-7-13-11)6-9-17(14,15)10-12/h11,13H,2-10H2,1H3. The van der Waals surface area contributed by atoms with Crippen LogP contribution in [0.1, 0.15) is 39.0 Å². The van der Waals surface area contributed by atoms with Gasteiger partial charge in [0.2, 0.25) is 0 Å². The van der Waals surface area contributed by atoms with Crippen molar-refractivity contribution in [1.29, 1.82) is 0 Å². The zero-order valence-corrected chi connectivity index (χ0v) is 11.4. The van der Waals surface area contributed by atoms with Gasteiger partial charge >= 0.3 is 0 Å². The van der Waals surface area contributed by atoms with Crippen LogP contribution >= 0.6 is 0 Å². The maximum Gasteiger partial charge on any atom is 0.153 e. The van der Waals surface area contributed by atoms with E-state index in [1.54, 1.807) is 0 Å². The normalized spacial score (nSPS) is 36.4. The minimum Gasteiger partial charge on any atom is -0.371 e. The van der Waals surface area contributed by atoms with E-state index in [0.717, 1.165) is 19.4 Å². The summed E-state index contributed by atoms with van der Waals surface area (Å²) in [7, 11) is -2.88. The van der Waals surface area contributed by atoms with E-state index >= 15 is 0 Å². The highest BCUT2D eigenvalue weighted by molar-refractivity contribution is 7.91. The molecule has 2 unspecified atom stereocenters. The number of ether oxygens (including phenoxy) is 1. The van der Waals surface area contributed by atoms with Gasteiger partial charge in [-0.15, -0.1) is 0 Å². The summed E-state index contributed by atoms with van der Waals surface area (Å²) in [4.78, 5) is 0. The molecule has 1 spiro atoms. The average Bonchev–Trinajstić information content (AvgIpc) is 2.58. The van der Waals surface area contributed by atoms with Crippen LogP contribution in [-0.2, 0) is 14.6 Å². The summed E-state index contributed by atoms with van der Waals surface area (Å²) < 4.78 is 29.2. The van der Waals surface area contributed by atoms with Gasteiger partial charge in [0.25, 0.3) is 0 Å². The fraction of sp³-hybridized carbons (Fsp3) is 1.00. The number of hydrogen-bond donors (Lipinski definition) is 1. The number of unbranched alkanes of at least 4 members (excludes halogenated alkanes) is 2. The molecule has 2 aliphatic rings. The lowest BCUT2D eigenvalue weighted by molar-refractivity contribution is -0.0807. The second kappa shape index (κ2) is 5.24. The Labute approximate surface area is 104 Å². The van der Waals surface area contributed by atoms with Gasteiger partial charge in [-0.05, 0) is 12.8 Å². The quantitative estimate of drug-likeness (QED) is 0.770. The molecule has 0 radical (unpaired) electrons. The second-order valence-corrected chi connectivity index (χ2v) is 7.44. The van der Waals surface area contributed by atoms with E-state index in [0.29, 0.717) is 18.8 Å². The Kier molecular flexibility index (Phi) is 4.10. The highest BCUT2D eigenvalue weighted by atomic mass is 32.2. The molecule has 0 aliphatic carbocycles. The second-order valence-electron chi connectivity index (χ2n) is 5.26. The Hall–Kier alpha value is -0.130. The van der Waals surface area contributed by atoms with E-state index in [1.807, 2.05) is 0 Å². The number of rotatable bonds is 4. The van der Waals surface area contributed by atoms with Gasteiger partial charge in [-0.25, -0.2) is 8.42 Å². The van der Waals surface area contributed by atoms with Crippen molar-refractivity contribution in [3.63, 3.8) is 0 Å². The van der Waals surface area contributed by atoms with Crippen LogP contribution in [0.25, 0.3) is 0 Å². The maximum absolute atomic E-state index is 11.7. The monoisotopic (exact) mass is 261 g/mol. The lowest BCUT2D eigenvalue weighted by Crippen LogP contribution is -2.58. The first kappa shape index (κ1) is 13.3. The molecule has 100 valence electrons. The fourth-order valence-corrected chi connectivity index (χ4v) is 4.95. The third kappa shape index (κ3) is 3.01. The third-order valence-corrected chi connectivity index (χ3v) is 5.67. The molecule has 0 aromatic heterocycles. The Morgan fingerprint density at radius 1 is 1.41 bits per heavy atom. The van der Waals surface area contributed by atoms with E-state index < -0.39 is 15.4 Å². The molecule has 0 aromatic rings. The van der Waals surface area contributed by atoms with Crippen LogP contribution in [0.4, 0.5) is 0 Å². The van der Waals surface area contributed by atoms with Gasteiger partial charge in [-0.2, -0.15) is 0 Å². The van der Waals surface area contributed by atoms with Gasteiger partial charge in [0.05, 0.1) is 23.7 Å². The van der Waals surface area contributed by atoms with Gasteiger partial charge in [0.1, 0.15) is 0 Å². The minimum absolute atomic E-state index is 0.212. The molecule has 0 aromatic carbocycles. The van der Waals surface area contributed by atoms with Crippen molar-refractivity contribution in [1.82, 2.24) is 5.32 Å². The van der Waals surface area contributed by atoms with Crippen molar-refractivity contribution >= 4 is 9.84 Å². The molecule has 5 heteroatoms. The van der Waals surface area contributed by atoms with Crippen molar-refractivity contribution < 1.29 is 13.2 Å². The smallest absolute Gasteiger partial charge is 0.153 e. The van der Waals surface area contributed by atoms with Gasteiger partial charge in [0.15, 0.2) is 9.84 Å². The maximum atomic E-state index is 11.7. The lowest BCUT2D eigenvalue weighted by atomic mass is 9.88. The number of sulfone groups is 1. The molecule has 0 bridgehead atoms. The topological polar surface area (TPSA) is 55.4 Å². The van der Waals surface area contributed by atoms with Crippen LogP contribution in [0.2, 0.25) is 0 Å². The van der Waals surface area contributed by atoms with Crippen LogP contribution in [-0.4, -0.2) is 44.7 Å². The largest absolute Gasteiger partial charge is 0.371 e. The molecule has 2 fully saturated rings. The van der Waals surface area contributed by atoms with Gasteiger partial charge in [-0.3, -0.25) is 0 Å². The summed E-state index contributed by atoms with van der Waals surface area (Å²) in [6.07, 6.45) is 5.25. The SMILES string of the molecule is CCCCCC1NCCOC12CCS(=O)(=O)C2. The van der Waals surface area contributed by atoms with E-state index in [4.69, 9.17) is 4.74 Å². The molecular weight excluding hydrogens is 238 g/mol. The van der Waals surface area contributed by atoms with Crippen molar-refractivity contribution in [2.75, 3.05) is 24.7 Å². The van der Waals surface area contributed by atoms with E-state index in [1.165, 1.54) is 12.8 Å². The Balaban J connectivity index is 2.02. The van der Waals surface area contributed by atoms with Crippen LogP contribution in [0.3, 0.4) is 0 Å². The molecule has 17 heavy (non-hydrogen) atoms. The fourth-order valence-electron chi connectivity index (χ4n) is 2.97. The van der Waals surface area contributed by atoms with Crippen LogP contribution in [0.15, 0.2) is 0 Å². The van der Waals surface area contributed by atoms with Crippen LogP contribution in [0.5, 0.6) is 0 Å². The Morgan fingerprint density at radius 2 is 2.24 bits per heavy atom. The molecule has 2 aliphatic heterocycles. The molecular formula is C12H23NO3S. The van der Waals surface area contributed by atoms with Crippen molar-refractivity contribution in [2.45, 2.75) is 50.7 Å². The summed E-state index contributed by atoms with van der Waals surface area (Å²) in [6.45, 7) is 3.67. The van der Waals surface area contributed by atoms with Crippen LogP contribution < -0.4 is 5.32 Å². The average molecular weight is 261 g/mol. The van der Waals surface area contributed by atoms with Crippen molar-refractivity contribution in [2.24, 2.45) is 0 Å². The molecule has 2 rings (SSSR count). The van der Waals surface area contributed by atoms with Gasteiger partial charge < -0.3 is 10.1 Å². The summed E-state index contributed by atoms with van der Waals surface area (Å²) in [5, 5.41) is 3.46. The molecule has 2 atom stereocenters. The molecule has 0 saturated carbocycles. The number of hydrogen-bond acceptors (Lipinski definition) is 4. The lowest BCUT2D eigenvalue weighted by Gasteiger charge is -2.41. The molecule has 2 saturated heterocycles. The van der Waals surface area contributed by atoms with Crippen LogP contribution in [0, 0.1) is 0 Å². The van der Waals surface area contributed by atoms with Gasteiger partial charge in [-0.1, -0.05) is 26.2 Å². The van der Waals surface area contributed by atoms with E-state index in [2.05, 4.69) is 12.2 Å². The zero-order valence-electron chi connectivity index (χ0n) is 10.6. The number of morpholine rings is 1. The van der Waals surface area contributed by atoms with Crippen molar-refractivity contribution in [3.05, 3.63) is 0 Å². The van der Waals surface area contributed by atoms with E-state index in [-0.39, 0.29) is 11.8 Å². The Morgan fingerprint density at radius 3 is 2.88 bits per heavy atom. The third-order valence-electron chi connectivity index (χ3n) is 3.91. The Bertz CT molecular complexity index is 355. The molecule has 1 N–H and O–H groups in total. The minimum atomic E-state index is -2.88. The predicted molar refractivity (Wildman–Crippen MR) is 67.9 cm³/mol. The van der Waals surface area contributed by atoms with E-state index in [9.17, 15) is 8.42 Å². The number of nitrogens with one attached hydrogen (secondary N) is 1. The first-order valence-corrected chi connectivity index (χ1v) is 8.48. The summed E-state index contributed by atoms with van der Waals surface area (Å²) >= 11 is 0.